The number of hydrazine groups is 1. The van der Waals surface area contributed by atoms with Crippen molar-refractivity contribution >= 4 is 17.5 Å². The van der Waals surface area contributed by atoms with Crippen LogP contribution in [0.3, 0.4) is 0 Å². The minimum absolute atomic E-state index is 0.0130. The summed E-state index contributed by atoms with van der Waals surface area (Å²) in [6, 6.07) is 13.1. The Labute approximate surface area is 188 Å². The number of benzene rings is 2. The lowest BCUT2D eigenvalue weighted by molar-refractivity contribution is 0.0932. The van der Waals surface area contributed by atoms with E-state index in [2.05, 4.69) is 41.6 Å². The number of nitrogens with zero attached hydrogens (tertiary/aromatic N) is 1. The number of hydrogen-bond acceptors (Lipinski definition) is 4. The van der Waals surface area contributed by atoms with Gasteiger partial charge in [-0.15, -0.1) is 0 Å². The van der Waals surface area contributed by atoms with Crippen LogP contribution in [0.15, 0.2) is 48.7 Å². The summed E-state index contributed by atoms with van der Waals surface area (Å²) in [6.07, 6.45) is 1.87. The highest BCUT2D eigenvalue weighted by Gasteiger charge is 2.17. The summed E-state index contributed by atoms with van der Waals surface area (Å²) in [7, 11) is 0. The number of ether oxygens (including phenoxy) is 1. The summed E-state index contributed by atoms with van der Waals surface area (Å²) in [4.78, 5) is 20.2. The molecule has 3 aromatic rings. The van der Waals surface area contributed by atoms with Crippen LogP contribution in [-0.2, 0) is 12.0 Å². The molecule has 2 aromatic carbocycles. The van der Waals surface area contributed by atoms with Crippen LogP contribution in [0, 0.1) is 0 Å². The molecule has 0 spiro atoms. The van der Waals surface area contributed by atoms with Crippen molar-refractivity contribution in [2.45, 2.75) is 52.7 Å². The van der Waals surface area contributed by atoms with Crippen molar-refractivity contribution in [3.8, 4) is 17.0 Å². The summed E-state index contributed by atoms with van der Waals surface area (Å²) in [5.41, 5.74) is 9.18. The van der Waals surface area contributed by atoms with Crippen LogP contribution in [0.2, 0.25) is 5.02 Å². The Hall–Kier alpha value is -2.83. The second-order valence-electron chi connectivity index (χ2n) is 8.71. The number of amides is 1. The average molecular weight is 441 g/mol. The van der Waals surface area contributed by atoms with Gasteiger partial charge in [-0.1, -0.05) is 56.6 Å². The quantitative estimate of drug-likeness (QED) is 0.438. The first kappa shape index (κ1) is 22.8. The third-order valence-corrected chi connectivity index (χ3v) is 4.90. The van der Waals surface area contributed by atoms with Gasteiger partial charge in [0.05, 0.1) is 23.0 Å². The molecule has 1 heterocycles. The number of halogens is 1. The molecular formula is C24H29ClN4O2. The van der Waals surface area contributed by atoms with Crippen LogP contribution < -0.4 is 15.6 Å². The Kier molecular flexibility index (Phi) is 7.03. The topological polar surface area (TPSA) is 79.0 Å². The van der Waals surface area contributed by atoms with Gasteiger partial charge in [0.1, 0.15) is 11.6 Å². The number of hydrogen-bond donors (Lipinski definition) is 3. The highest BCUT2D eigenvalue weighted by atomic mass is 35.5. The maximum atomic E-state index is 12.4. The Morgan fingerprint density at radius 3 is 2.45 bits per heavy atom. The van der Waals surface area contributed by atoms with Gasteiger partial charge in [0.15, 0.2) is 0 Å². The van der Waals surface area contributed by atoms with E-state index >= 15 is 0 Å². The molecule has 1 amide bonds. The van der Waals surface area contributed by atoms with Gasteiger partial charge in [0, 0.05) is 17.5 Å². The third kappa shape index (κ3) is 6.09. The summed E-state index contributed by atoms with van der Waals surface area (Å²) in [6.45, 7) is 10.7. The van der Waals surface area contributed by atoms with E-state index in [1.54, 1.807) is 18.2 Å². The Balaban J connectivity index is 1.54. The predicted molar refractivity (Wildman–Crippen MR) is 124 cm³/mol. The molecule has 0 aliphatic rings. The Morgan fingerprint density at radius 2 is 1.87 bits per heavy atom. The molecule has 0 radical (unpaired) electrons. The largest absolute Gasteiger partial charge is 0.489 e. The normalized spacial score (nSPS) is 11.6. The molecule has 31 heavy (non-hydrogen) atoms. The average Bonchev–Trinajstić information content (AvgIpc) is 3.20. The number of carbonyl (C=O) groups excluding carboxylic acids is 1. The molecule has 1 aromatic heterocycles. The second kappa shape index (κ2) is 9.54. The molecule has 0 atom stereocenters. The monoisotopic (exact) mass is 440 g/mol. The van der Waals surface area contributed by atoms with E-state index < -0.39 is 0 Å². The zero-order valence-corrected chi connectivity index (χ0v) is 19.3. The highest BCUT2D eigenvalue weighted by Crippen LogP contribution is 2.26. The van der Waals surface area contributed by atoms with E-state index in [9.17, 15) is 4.79 Å². The smallest absolute Gasteiger partial charge is 0.265 e. The fourth-order valence-electron chi connectivity index (χ4n) is 2.94. The molecule has 0 bridgehead atoms. The highest BCUT2D eigenvalue weighted by molar-refractivity contribution is 6.32. The summed E-state index contributed by atoms with van der Waals surface area (Å²) >= 11 is 6.21. The van der Waals surface area contributed by atoms with Crippen LogP contribution in [0.25, 0.3) is 11.3 Å². The van der Waals surface area contributed by atoms with Crippen LogP contribution >= 0.6 is 11.6 Å². The second-order valence-corrected chi connectivity index (χ2v) is 9.12. The Bertz CT molecular complexity index is 1040. The van der Waals surface area contributed by atoms with Crippen LogP contribution in [0.1, 0.15) is 56.4 Å². The molecule has 0 aliphatic heterocycles. The van der Waals surface area contributed by atoms with Gasteiger partial charge in [0.25, 0.3) is 5.91 Å². The van der Waals surface area contributed by atoms with Gasteiger partial charge >= 0.3 is 0 Å². The standard InChI is InChI=1S/C24H29ClN4O2/c1-15(2)31-21-11-10-18(12-19(21)25)22(30)29-27-13-16-6-8-17(9-7-16)20-14-26-23(28-20)24(3,4)5/h6-12,14-15,27H,13H2,1-5H3,(H,26,28)(H,29,30). The van der Waals surface area contributed by atoms with Crippen molar-refractivity contribution in [3.63, 3.8) is 0 Å². The van der Waals surface area contributed by atoms with Gasteiger partial charge in [-0.2, -0.15) is 0 Å². The molecule has 0 saturated carbocycles. The number of aromatic nitrogens is 2. The van der Waals surface area contributed by atoms with Crippen molar-refractivity contribution in [2.24, 2.45) is 0 Å². The molecule has 0 aliphatic carbocycles. The zero-order chi connectivity index (χ0) is 22.6. The van der Waals surface area contributed by atoms with E-state index in [0.717, 1.165) is 22.6 Å². The van der Waals surface area contributed by atoms with E-state index in [4.69, 9.17) is 16.3 Å². The lowest BCUT2D eigenvalue weighted by Crippen LogP contribution is -2.36. The molecular weight excluding hydrogens is 412 g/mol. The van der Waals surface area contributed by atoms with E-state index in [0.29, 0.717) is 22.9 Å². The maximum Gasteiger partial charge on any atom is 0.265 e. The number of carbonyl (C=O) groups is 1. The number of nitrogens with one attached hydrogen (secondary N) is 3. The van der Waals surface area contributed by atoms with Crippen molar-refractivity contribution in [1.82, 2.24) is 20.8 Å². The van der Waals surface area contributed by atoms with Gasteiger partial charge in [-0.3, -0.25) is 10.2 Å². The zero-order valence-electron chi connectivity index (χ0n) is 18.5. The molecule has 3 N–H and O–H groups in total. The van der Waals surface area contributed by atoms with Crippen LogP contribution in [0.4, 0.5) is 0 Å². The number of H-pyrrole nitrogens is 1. The van der Waals surface area contributed by atoms with Gasteiger partial charge in [-0.25, -0.2) is 10.4 Å². The first-order valence-electron chi connectivity index (χ1n) is 10.3. The molecule has 0 unspecified atom stereocenters. The van der Waals surface area contributed by atoms with Crippen LogP contribution in [-0.4, -0.2) is 22.0 Å². The van der Waals surface area contributed by atoms with Crippen molar-refractivity contribution in [2.75, 3.05) is 0 Å². The number of imidazole rings is 1. The van der Waals surface area contributed by atoms with Crippen molar-refractivity contribution in [1.29, 1.82) is 0 Å². The number of rotatable bonds is 7. The van der Waals surface area contributed by atoms with Crippen molar-refractivity contribution < 1.29 is 9.53 Å². The summed E-state index contributed by atoms with van der Waals surface area (Å²) in [5, 5.41) is 0.408. The molecule has 3 rings (SSSR count). The fraction of sp³-hybridized carbons (Fsp3) is 0.333. The van der Waals surface area contributed by atoms with Gasteiger partial charge in [0.2, 0.25) is 0 Å². The minimum atomic E-state index is -0.262. The van der Waals surface area contributed by atoms with Crippen molar-refractivity contribution in [3.05, 3.63) is 70.6 Å². The first-order valence-corrected chi connectivity index (χ1v) is 10.7. The van der Waals surface area contributed by atoms with E-state index in [1.807, 2.05) is 44.3 Å². The predicted octanol–water partition coefficient (Wildman–Crippen LogP) is 5.25. The minimum Gasteiger partial charge on any atom is -0.489 e. The lowest BCUT2D eigenvalue weighted by atomic mass is 9.96. The SMILES string of the molecule is CC(C)Oc1ccc(C(=O)NNCc2ccc(-c3cnc(C(C)(C)C)[nH]3)cc2)cc1Cl. The van der Waals surface area contributed by atoms with Gasteiger partial charge < -0.3 is 9.72 Å². The maximum absolute atomic E-state index is 12.4. The van der Waals surface area contributed by atoms with Gasteiger partial charge in [-0.05, 0) is 43.2 Å². The van der Waals surface area contributed by atoms with Crippen LogP contribution in [0.5, 0.6) is 5.75 Å². The molecule has 7 heteroatoms. The summed E-state index contributed by atoms with van der Waals surface area (Å²) in [5.74, 6) is 1.26. The Morgan fingerprint density at radius 1 is 1.16 bits per heavy atom. The lowest BCUT2D eigenvalue weighted by Gasteiger charge is -2.14. The van der Waals surface area contributed by atoms with E-state index in [-0.39, 0.29) is 17.4 Å². The molecule has 0 fully saturated rings. The molecule has 6 nitrogen and oxygen atoms in total. The third-order valence-electron chi connectivity index (χ3n) is 4.60. The first-order chi connectivity index (χ1) is 14.6. The molecule has 0 saturated heterocycles. The molecule has 164 valence electrons. The number of aromatic amines is 1. The summed E-state index contributed by atoms with van der Waals surface area (Å²) < 4.78 is 5.59. The fourth-order valence-corrected chi connectivity index (χ4v) is 3.17. The van der Waals surface area contributed by atoms with E-state index in [1.165, 1.54) is 0 Å².